The van der Waals surface area contributed by atoms with Crippen LogP contribution in [0.2, 0.25) is 0 Å². The summed E-state index contributed by atoms with van der Waals surface area (Å²) in [5.74, 6) is 0. The van der Waals surface area contributed by atoms with Crippen molar-refractivity contribution in [1.29, 1.82) is 0 Å². The molecule has 0 aliphatic rings. The maximum absolute atomic E-state index is 2.35. The first kappa shape index (κ1) is 28.3. The number of thiophene rings is 1. The summed E-state index contributed by atoms with van der Waals surface area (Å²) >= 11 is 1.88. The van der Waals surface area contributed by atoms with Crippen molar-refractivity contribution >= 4 is 59.3 Å². The third kappa shape index (κ3) is 5.04. The molecule has 0 aliphatic heterocycles. The average Bonchev–Trinajstić information content (AvgIpc) is 3.55. The molecule has 0 atom stereocenters. The highest BCUT2D eigenvalue weighted by Gasteiger charge is 2.15. The van der Waals surface area contributed by atoms with Gasteiger partial charge in [-0.1, -0.05) is 146 Å². The number of benzene rings is 8. The maximum Gasteiger partial charge on any atom is 0.0462 e. The summed E-state index contributed by atoms with van der Waals surface area (Å²) in [4.78, 5) is 2.35. The quantitative estimate of drug-likeness (QED) is 0.177. The van der Waals surface area contributed by atoms with Crippen molar-refractivity contribution < 1.29 is 0 Å². The molecule has 9 aromatic rings. The summed E-state index contributed by atoms with van der Waals surface area (Å²) in [5.41, 5.74) is 10.7. The minimum absolute atomic E-state index is 1.12. The molecule has 0 aliphatic carbocycles. The second-order valence-electron chi connectivity index (χ2n) is 12.1. The van der Waals surface area contributed by atoms with Gasteiger partial charge >= 0.3 is 0 Å². The summed E-state index contributed by atoms with van der Waals surface area (Å²) in [5, 5.41) is 5.17. The molecule has 0 N–H and O–H groups in total. The molecule has 226 valence electrons. The number of nitrogens with zero attached hydrogens (tertiary/aromatic N) is 1. The monoisotopic (exact) mass is 629 g/mol. The Kier molecular flexibility index (Phi) is 7.07. The molecular weight excluding hydrogens is 599 g/mol. The third-order valence-electron chi connectivity index (χ3n) is 9.30. The van der Waals surface area contributed by atoms with Gasteiger partial charge in [0.2, 0.25) is 0 Å². The van der Waals surface area contributed by atoms with Crippen LogP contribution < -0.4 is 4.90 Å². The van der Waals surface area contributed by atoms with Crippen molar-refractivity contribution in [2.24, 2.45) is 0 Å². The van der Waals surface area contributed by atoms with Gasteiger partial charge in [-0.15, -0.1) is 11.3 Å². The van der Waals surface area contributed by atoms with Gasteiger partial charge in [-0.3, -0.25) is 0 Å². The van der Waals surface area contributed by atoms with Crippen molar-refractivity contribution in [2.45, 2.75) is 0 Å². The topological polar surface area (TPSA) is 3.24 Å². The van der Waals surface area contributed by atoms with Crippen molar-refractivity contribution in [1.82, 2.24) is 0 Å². The van der Waals surface area contributed by atoms with Crippen LogP contribution in [0.1, 0.15) is 0 Å². The zero-order valence-corrected chi connectivity index (χ0v) is 27.1. The fourth-order valence-corrected chi connectivity index (χ4v) is 8.15. The van der Waals surface area contributed by atoms with Gasteiger partial charge in [0.1, 0.15) is 0 Å². The van der Waals surface area contributed by atoms with Crippen molar-refractivity contribution in [3.8, 4) is 33.4 Å². The number of anilines is 3. The molecule has 0 saturated heterocycles. The van der Waals surface area contributed by atoms with Crippen LogP contribution in [0.3, 0.4) is 0 Å². The van der Waals surface area contributed by atoms with E-state index in [1.807, 2.05) is 11.3 Å². The predicted octanol–water partition coefficient (Wildman–Crippen LogP) is 13.7. The highest BCUT2D eigenvalue weighted by atomic mass is 32.1. The minimum atomic E-state index is 1.12. The zero-order chi connectivity index (χ0) is 31.9. The molecule has 2 heteroatoms. The average molecular weight is 630 g/mol. The van der Waals surface area contributed by atoms with Gasteiger partial charge in [0.25, 0.3) is 0 Å². The molecule has 48 heavy (non-hydrogen) atoms. The fourth-order valence-electron chi connectivity index (χ4n) is 6.91. The van der Waals surface area contributed by atoms with E-state index < -0.39 is 0 Å². The van der Waals surface area contributed by atoms with Crippen LogP contribution in [0.25, 0.3) is 64.3 Å². The lowest BCUT2D eigenvalue weighted by atomic mass is 9.98. The smallest absolute Gasteiger partial charge is 0.0462 e. The molecule has 9 rings (SSSR count). The van der Waals surface area contributed by atoms with E-state index >= 15 is 0 Å². The van der Waals surface area contributed by atoms with Crippen LogP contribution in [-0.4, -0.2) is 0 Å². The zero-order valence-electron chi connectivity index (χ0n) is 26.3. The Morgan fingerprint density at radius 2 is 0.792 bits per heavy atom. The van der Waals surface area contributed by atoms with Gasteiger partial charge in [-0.2, -0.15) is 0 Å². The van der Waals surface area contributed by atoms with E-state index in [1.54, 1.807) is 0 Å². The van der Waals surface area contributed by atoms with Crippen LogP contribution in [0.15, 0.2) is 188 Å². The minimum Gasteiger partial charge on any atom is -0.311 e. The number of hydrogen-bond acceptors (Lipinski definition) is 2. The van der Waals surface area contributed by atoms with Crippen molar-refractivity contribution in [3.05, 3.63) is 188 Å². The first-order valence-electron chi connectivity index (χ1n) is 16.3. The third-order valence-corrected chi connectivity index (χ3v) is 10.5. The first-order chi connectivity index (χ1) is 23.8. The Bertz CT molecular complexity index is 2520. The standard InChI is InChI=1S/C46H31NS/c1-2-10-32(11-3-1)33-20-26-37(27-21-33)47(38-28-22-35(23-29-38)41-16-8-13-34-12-4-5-14-40(34)41)39-30-24-36(25-31-39)42-17-9-18-44-43-15-6-7-19-45(43)48-46(42)44/h1-31H. The van der Waals surface area contributed by atoms with E-state index in [4.69, 9.17) is 0 Å². The highest BCUT2D eigenvalue weighted by Crippen LogP contribution is 2.42. The molecule has 0 unspecified atom stereocenters. The second-order valence-corrected chi connectivity index (χ2v) is 13.2. The van der Waals surface area contributed by atoms with E-state index in [-0.39, 0.29) is 0 Å². The summed E-state index contributed by atoms with van der Waals surface area (Å²) in [6.45, 7) is 0. The Morgan fingerprint density at radius 3 is 1.50 bits per heavy atom. The SMILES string of the molecule is c1ccc(-c2ccc(N(c3ccc(-c4cccc5ccccc45)cc3)c3ccc(-c4cccc5c4sc4ccccc45)cc3)cc2)cc1. The molecule has 0 amide bonds. The summed E-state index contributed by atoms with van der Waals surface area (Å²) in [6.07, 6.45) is 0. The molecule has 0 saturated carbocycles. The van der Waals surface area contributed by atoms with Crippen LogP contribution in [0.5, 0.6) is 0 Å². The van der Waals surface area contributed by atoms with E-state index in [1.165, 1.54) is 64.3 Å². The maximum atomic E-state index is 2.35. The number of rotatable bonds is 6. The molecule has 0 radical (unpaired) electrons. The Balaban J connectivity index is 1.12. The lowest BCUT2D eigenvalue weighted by Crippen LogP contribution is -2.09. The molecule has 1 aromatic heterocycles. The van der Waals surface area contributed by atoms with E-state index in [9.17, 15) is 0 Å². The van der Waals surface area contributed by atoms with Gasteiger partial charge in [-0.25, -0.2) is 0 Å². The molecule has 1 heterocycles. The van der Waals surface area contributed by atoms with Crippen LogP contribution >= 0.6 is 11.3 Å². The Labute approximate surface area is 284 Å². The lowest BCUT2D eigenvalue weighted by Gasteiger charge is -2.26. The van der Waals surface area contributed by atoms with E-state index in [2.05, 4.69) is 193 Å². The molecular formula is C46H31NS. The Morgan fingerprint density at radius 1 is 0.312 bits per heavy atom. The summed E-state index contributed by atoms with van der Waals surface area (Å²) in [7, 11) is 0. The Hall–Kier alpha value is -5.96. The van der Waals surface area contributed by atoms with Crippen molar-refractivity contribution in [2.75, 3.05) is 4.90 Å². The van der Waals surface area contributed by atoms with Crippen LogP contribution in [0.4, 0.5) is 17.1 Å². The van der Waals surface area contributed by atoms with Crippen molar-refractivity contribution in [3.63, 3.8) is 0 Å². The lowest BCUT2D eigenvalue weighted by molar-refractivity contribution is 1.28. The number of hydrogen-bond donors (Lipinski definition) is 0. The van der Waals surface area contributed by atoms with Gasteiger partial charge in [0.05, 0.1) is 0 Å². The van der Waals surface area contributed by atoms with Crippen LogP contribution in [0, 0.1) is 0 Å². The predicted molar refractivity (Wildman–Crippen MR) is 208 cm³/mol. The molecule has 0 spiro atoms. The van der Waals surface area contributed by atoms with Crippen LogP contribution in [-0.2, 0) is 0 Å². The highest BCUT2D eigenvalue weighted by molar-refractivity contribution is 7.26. The molecule has 0 fully saturated rings. The van der Waals surface area contributed by atoms with Gasteiger partial charge in [0, 0.05) is 37.2 Å². The van der Waals surface area contributed by atoms with Gasteiger partial charge < -0.3 is 4.90 Å². The molecule has 0 bridgehead atoms. The van der Waals surface area contributed by atoms with E-state index in [0.29, 0.717) is 0 Å². The molecule has 1 nitrogen and oxygen atoms in total. The first-order valence-corrected chi connectivity index (χ1v) is 17.2. The fraction of sp³-hybridized carbons (Fsp3) is 0. The summed E-state index contributed by atoms with van der Waals surface area (Å²) < 4.78 is 2.66. The second kappa shape index (κ2) is 12.0. The van der Waals surface area contributed by atoms with Gasteiger partial charge in [0.15, 0.2) is 0 Å². The summed E-state index contributed by atoms with van der Waals surface area (Å²) in [6, 6.07) is 68.0. The van der Waals surface area contributed by atoms with E-state index in [0.717, 1.165) is 17.1 Å². The molecule has 8 aromatic carbocycles. The number of fused-ring (bicyclic) bond motifs is 4. The van der Waals surface area contributed by atoms with Gasteiger partial charge in [-0.05, 0) is 86.6 Å². The largest absolute Gasteiger partial charge is 0.311 e. The normalized spacial score (nSPS) is 11.3.